The van der Waals surface area contributed by atoms with Crippen molar-refractivity contribution in [2.45, 2.75) is 18.9 Å². The number of rotatable bonds is 3. The number of hydrogen-bond acceptors (Lipinski definition) is 3. The van der Waals surface area contributed by atoms with E-state index in [0.717, 1.165) is 19.0 Å². The molecule has 1 amide bonds. The molecule has 92 valence electrons. The van der Waals surface area contributed by atoms with Crippen LogP contribution in [0.1, 0.15) is 23.3 Å². The molecule has 4 nitrogen and oxygen atoms in total. The molecule has 5 heteroatoms. The van der Waals surface area contributed by atoms with Crippen molar-refractivity contribution in [1.82, 2.24) is 9.88 Å². The first-order chi connectivity index (χ1) is 8.06. The third kappa shape index (κ3) is 2.79. The largest absolute Gasteiger partial charge is 0.340 e. The van der Waals surface area contributed by atoms with E-state index in [9.17, 15) is 9.18 Å². The van der Waals surface area contributed by atoms with Crippen LogP contribution in [0.15, 0.2) is 18.3 Å². The smallest absolute Gasteiger partial charge is 0.272 e. The van der Waals surface area contributed by atoms with Crippen molar-refractivity contribution in [3.05, 3.63) is 29.8 Å². The molecule has 1 aromatic heterocycles. The summed E-state index contributed by atoms with van der Waals surface area (Å²) in [6, 6.07) is 2.93. The second-order valence-electron chi connectivity index (χ2n) is 4.64. The van der Waals surface area contributed by atoms with Gasteiger partial charge < -0.3 is 10.6 Å². The Morgan fingerprint density at radius 2 is 2.29 bits per heavy atom. The van der Waals surface area contributed by atoms with Crippen LogP contribution >= 0.6 is 0 Å². The van der Waals surface area contributed by atoms with E-state index < -0.39 is 5.82 Å². The molecule has 1 aliphatic rings. The minimum Gasteiger partial charge on any atom is -0.340 e. The van der Waals surface area contributed by atoms with Crippen molar-refractivity contribution >= 4 is 5.91 Å². The lowest BCUT2D eigenvalue weighted by atomic mass is 9.80. The van der Waals surface area contributed by atoms with E-state index in [-0.39, 0.29) is 17.6 Å². The van der Waals surface area contributed by atoms with E-state index in [1.165, 1.54) is 12.1 Å². The second-order valence-corrected chi connectivity index (χ2v) is 4.64. The van der Waals surface area contributed by atoms with E-state index in [1.54, 1.807) is 11.9 Å². The van der Waals surface area contributed by atoms with Crippen molar-refractivity contribution in [1.29, 1.82) is 0 Å². The quantitative estimate of drug-likeness (QED) is 0.854. The predicted octanol–water partition coefficient (Wildman–Crippen LogP) is 1.03. The molecule has 0 unspecified atom stereocenters. The van der Waals surface area contributed by atoms with Gasteiger partial charge in [-0.1, -0.05) is 0 Å². The number of aromatic nitrogens is 1. The Morgan fingerprint density at radius 3 is 2.82 bits per heavy atom. The average Bonchev–Trinajstić information content (AvgIpc) is 2.27. The van der Waals surface area contributed by atoms with E-state index in [2.05, 4.69) is 4.98 Å². The molecule has 1 saturated carbocycles. The molecule has 0 saturated heterocycles. The highest BCUT2D eigenvalue weighted by Crippen LogP contribution is 2.26. The molecule has 0 aromatic carbocycles. The first-order valence-corrected chi connectivity index (χ1v) is 5.69. The van der Waals surface area contributed by atoms with Crippen LogP contribution in [-0.4, -0.2) is 35.4 Å². The maximum Gasteiger partial charge on any atom is 0.272 e. The summed E-state index contributed by atoms with van der Waals surface area (Å²) in [6.07, 6.45) is 2.99. The normalized spacial score (nSPS) is 23.0. The fraction of sp³-hybridized carbons (Fsp3) is 0.500. The van der Waals surface area contributed by atoms with Crippen LogP contribution < -0.4 is 5.73 Å². The SMILES string of the molecule is CN(CC1CC(N)C1)C(=O)c1ccc(F)cn1. The second kappa shape index (κ2) is 4.79. The van der Waals surface area contributed by atoms with Crippen LogP contribution in [0.25, 0.3) is 0 Å². The molecule has 1 heterocycles. The summed E-state index contributed by atoms with van der Waals surface area (Å²) in [5, 5.41) is 0. The standard InChI is InChI=1S/C12H16FN3O/c1-16(7-8-4-10(14)5-8)12(17)11-3-2-9(13)6-15-11/h2-3,6,8,10H,4-5,7,14H2,1H3. The Labute approximate surface area is 99.6 Å². The van der Waals surface area contributed by atoms with Crippen LogP contribution in [-0.2, 0) is 0 Å². The number of carbonyl (C=O) groups excluding carboxylic acids is 1. The molecule has 2 N–H and O–H groups in total. The molecule has 0 aliphatic heterocycles. The lowest BCUT2D eigenvalue weighted by Gasteiger charge is -2.35. The zero-order chi connectivity index (χ0) is 12.4. The van der Waals surface area contributed by atoms with Gasteiger partial charge in [-0.3, -0.25) is 4.79 Å². The molecule has 0 radical (unpaired) electrons. The summed E-state index contributed by atoms with van der Waals surface area (Å²) >= 11 is 0. The molecule has 0 bridgehead atoms. The summed E-state index contributed by atoms with van der Waals surface area (Å²) in [6.45, 7) is 0.686. The van der Waals surface area contributed by atoms with E-state index >= 15 is 0 Å². The first kappa shape index (κ1) is 12.0. The Balaban J connectivity index is 1.92. The molecular formula is C12H16FN3O. The summed E-state index contributed by atoms with van der Waals surface area (Å²) in [5.74, 6) is -0.126. The van der Waals surface area contributed by atoms with Crippen molar-refractivity contribution in [2.24, 2.45) is 11.7 Å². The highest BCUT2D eigenvalue weighted by atomic mass is 19.1. The summed E-state index contributed by atoms with van der Waals surface area (Å²) < 4.78 is 12.7. The van der Waals surface area contributed by atoms with Crippen molar-refractivity contribution in [3.63, 3.8) is 0 Å². The Hall–Kier alpha value is -1.49. The molecular weight excluding hydrogens is 221 g/mol. The maximum absolute atomic E-state index is 12.7. The minimum absolute atomic E-state index is 0.175. The predicted molar refractivity (Wildman–Crippen MR) is 61.9 cm³/mol. The topological polar surface area (TPSA) is 59.2 Å². The lowest BCUT2D eigenvalue weighted by Crippen LogP contribution is -2.43. The monoisotopic (exact) mass is 237 g/mol. The summed E-state index contributed by atoms with van der Waals surface area (Å²) in [7, 11) is 1.73. The molecule has 0 spiro atoms. The lowest BCUT2D eigenvalue weighted by molar-refractivity contribution is 0.0728. The fourth-order valence-corrected chi connectivity index (χ4v) is 2.10. The number of pyridine rings is 1. The Kier molecular flexibility index (Phi) is 3.38. The van der Waals surface area contributed by atoms with Gasteiger partial charge in [0.25, 0.3) is 5.91 Å². The van der Waals surface area contributed by atoms with E-state index in [0.29, 0.717) is 12.5 Å². The first-order valence-electron chi connectivity index (χ1n) is 5.69. The molecule has 0 atom stereocenters. The van der Waals surface area contributed by atoms with Gasteiger partial charge in [-0.2, -0.15) is 0 Å². The number of hydrogen-bond donors (Lipinski definition) is 1. The van der Waals surface area contributed by atoms with Crippen LogP contribution in [0.3, 0.4) is 0 Å². The zero-order valence-corrected chi connectivity index (χ0v) is 9.77. The van der Waals surface area contributed by atoms with E-state index in [4.69, 9.17) is 5.73 Å². The average molecular weight is 237 g/mol. The third-order valence-corrected chi connectivity index (χ3v) is 3.10. The number of amides is 1. The van der Waals surface area contributed by atoms with Gasteiger partial charge in [0.2, 0.25) is 0 Å². The molecule has 17 heavy (non-hydrogen) atoms. The van der Waals surface area contributed by atoms with Gasteiger partial charge in [-0.05, 0) is 30.9 Å². The van der Waals surface area contributed by atoms with Crippen LogP contribution in [0.2, 0.25) is 0 Å². The number of nitrogens with zero attached hydrogens (tertiary/aromatic N) is 2. The Bertz CT molecular complexity index is 401. The van der Waals surface area contributed by atoms with Gasteiger partial charge in [0.05, 0.1) is 6.20 Å². The van der Waals surface area contributed by atoms with Gasteiger partial charge >= 0.3 is 0 Å². The van der Waals surface area contributed by atoms with Crippen molar-refractivity contribution in [3.8, 4) is 0 Å². The summed E-state index contributed by atoms with van der Waals surface area (Å²) in [4.78, 5) is 17.3. The van der Waals surface area contributed by atoms with Crippen LogP contribution in [0, 0.1) is 11.7 Å². The fourth-order valence-electron chi connectivity index (χ4n) is 2.10. The number of carbonyl (C=O) groups is 1. The zero-order valence-electron chi connectivity index (χ0n) is 9.77. The third-order valence-electron chi connectivity index (χ3n) is 3.10. The number of halogens is 1. The van der Waals surface area contributed by atoms with Gasteiger partial charge in [-0.15, -0.1) is 0 Å². The van der Waals surface area contributed by atoms with Crippen molar-refractivity contribution < 1.29 is 9.18 Å². The highest BCUT2D eigenvalue weighted by molar-refractivity contribution is 5.92. The molecule has 1 fully saturated rings. The minimum atomic E-state index is -0.436. The van der Waals surface area contributed by atoms with Gasteiger partial charge in [0.15, 0.2) is 0 Å². The van der Waals surface area contributed by atoms with Crippen molar-refractivity contribution in [2.75, 3.05) is 13.6 Å². The molecule has 1 aliphatic carbocycles. The van der Waals surface area contributed by atoms with Gasteiger partial charge in [0.1, 0.15) is 11.5 Å². The van der Waals surface area contributed by atoms with Gasteiger partial charge in [-0.25, -0.2) is 9.37 Å². The molecule has 2 rings (SSSR count). The maximum atomic E-state index is 12.7. The van der Waals surface area contributed by atoms with Crippen LogP contribution in [0.4, 0.5) is 4.39 Å². The van der Waals surface area contributed by atoms with Gasteiger partial charge in [0, 0.05) is 19.6 Å². The summed E-state index contributed by atoms with van der Waals surface area (Å²) in [5.41, 5.74) is 5.97. The highest BCUT2D eigenvalue weighted by Gasteiger charge is 2.28. The number of nitrogens with two attached hydrogens (primary N) is 1. The van der Waals surface area contributed by atoms with Crippen LogP contribution in [0.5, 0.6) is 0 Å². The molecule has 1 aromatic rings. The van der Waals surface area contributed by atoms with E-state index in [1.807, 2.05) is 0 Å². The Morgan fingerprint density at radius 1 is 1.59 bits per heavy atom.